The van der Waals surface area contributed by atoms with E-state index in [1.807, 2.05) is 18.2 Å². The highest BCUT2D eigenvalue weighted by molar-refractivity contribution is 5.93. The molecule has 0 aliphatic rings. The molecular weight excluding hydrogens is 360 g/mol. The Morgan fingerprint density at radius 3 is 2.52 bits per heavy atom. The van der Waals surface area contributed by atoms with Gasteiger partial charge in [0.1, 0.15) is 5.82 Å². The van der Waals surface area contributed by atoms with E-state index in [9.17, 15) is 4.79 Å². The lowest BCUT2D eigenvalue weighted by Crippen LogP contribution is -2.25. The van der Waals surface area contributed by atoms with Gasteiger partial charge in [0.05, 0.1) is 23.1 Å². The molecule has 1 N–H and O–H groups in total. The number of hydrogen-bond acceptors (Lipinski definition) is 3. The van der Waals surface area contributed by atoms with Crippen LogP contribution in [0.25, 0.3) is 11.0 Å². The maximum Gasteiger partial charge on any atom is 0.253 e. The molecule has 0 saturated carbocycles. The van der Waals surface area contributed by atoms with E-state index in [0.717, 1.165) is 23.4 Å². The molecule has 2 heterocycles. The Morgan fingerprint density at radius 1 is 1.03 bits per heavy atom. The third-order valence-electron chi connectivity index (χ3n) is 5.22. The highest BCUT2D eigenvalue weighted by Gasteiger charge is 2.15. The molecule has 146 valence electrons. The second-order valence-electron chi connectivity index (χ2n) is 7.40. The van der Waals surface area contributed by atoms with E-state index in [1.54, 1.807) is 24.5 Å². The molecule has 0 atom stereocenters. The lowest BCUT2D eigenvalue weighted by Gasteiger charge is -2.15. The number of carbonyl (C=O) groups is 1. The van der Waals surface area contributed by atoms with Crippen LogP contribution in [0, 0.1) is 20.8 Å². The van der Waals surface area contributed by atoms with Gasteiger partial charge in [-0.25, -0.2) is 4.98 Å². The van der Waals surface area contributed by atoms with Crippen molar-refractivity contribution < 1.29 is 4.79 Å². The molecule has 29 heavy (non-hydrogen) atoms. The van der Waals surface area contributed by atoms with Crippen LogP contribution in [0.2, 0.25) is 0 Å². The average Bonchev–Trinajstić information content (AvgIpc) is 3.07. The number of para-hydroxylation sites is 2. The van der Waals surface area contributed by atoms with E-state index in [4.69, 9.17) is 4.98 Å². The van der Waals surface area contributed by atoms with Crippen molar-refractivity contribution in [2.75, 3.05) is 0 Å². The van der Waals surface area contributed by atoms with Gasteiger partial charge in [-0.15, -0.1) is 0 Å². The second kappa shape index (κ2) is 7.87. The molecule has 0 radical (unpaired) electrons. The van der Waals surface area contributed by atoms with Crippen LogP contribution in [0.1, 0.15) is 38.4 Å². The maximum absolute atomic E-state index is 12.5. The maximum atomic E-state index is 12.5. The fourth-order valence-electron chi connectivity index (χ4n) is 3.81. The molecule has 0 aliphatic heterocycles. The Labute approximate surface area is 170 Å². The van der Waals surface area contributed by atoms with Gasteiger partial charge in [0.25, 0.3) is 5.91 Å². The molecule has 0 spiro atoms. The zero-order chi connectivity index (χ0) is 20.4. The van der Waals surface area contributed by atoms with Gasteiger partial charge in [-0.1, -0.05) is 29.8 Å². The number of imidazole rings is 1. The Bertz CT molecular complexity index is 1160. The first-order chi connectivity index (χ1) is 14.0. The van der Waals surface area contributed by atoms with Crippen molar-refractivity contribution in [3.05, 3.63) is 94.6 Å². The van der Waals surface area contributed by atoms with E-state index in [0.29, 0.717) is 12.1 Å². The van der Waals surface area contributed by atoms with Gasteiger partial charge in [-0.3, -0.25) is 9.78 Å². The molecule has 4 rings (SSSR count). The summed E-state index contributed by atoms with van der Waals surface area (Å²) in [4.78, 5) is 21.3. The standard InChI is InChI=1S/C24H24N4O/c1-16-11-17(2)20(18(3)12-16)15-28-22-9-5-4-8-21(22)27-23(28)14-26-24(29)19-7-6-10-25-13-19/h4-13H,14-15H2,1-3H3,(H,26,29). The molecule has 0 bridgehead atoms. The fourth-order valence-corrected chi connectivity index (χ4v) is 3.81. The smallest absolute Gasteiger partial charge is 0.253 e. The molecular formula is C24H24N4O. The van der Waals surface area contributed by atoms with Crippen LogP contribution in [0.5, 0.6) is 0 Å². The summed E-state index contributed by atoms with van der Waals surface area (Å²) in [6, 6.07) is 16.0. The summed E-state index contributed by atoms with van der Waals surface area (Å²) in [7, 11) is 0. The van der Waals surface area contributed by atoms with Gasteiger partial charge >= 0.3 is 0 Å². The number of nitrogens with one attached hydrogen (secondary N) is 1. The fraction of sp³-hybridized carbons (Fsp3) is 0.208. The largest absolute Gasteiger partial charge is 0.345 e. The van der Waals surface area contributed by atoms with Crippen molar-refractivity contribution in [1.29, 1.82) is 0 Å². The van der Waals surface area contributed by atoms with Crippen molar-refractivity contribution in [1.82, 2.24) is 19.9 Å². The molecule has 5 heteroatoms. The van der Waals surface area contributed by atoms with Gasteiger partial charge in [-0.2, -0.15) is 0 Å². The van der Waals surface area contributed by atoms with Gasteiger partial charge in [-0.05, 0) is 61.7 Å². The van der Waals surface area contributed by atoms with Crippen molar-refractivity contribution in [3.8, 4) is 0 Å². The lowest BCUT2D eigenvalue weighted by molar-refractivity contribution is 0.0949. The number of aromatic nitrogens is 3. The van der Waals surface area contributed by atoms with Crippen LogP contribution < -0.4 is 5.32 Å². The Kier molecular flexibility index (Phi) is 5.12. The zero-order valence-electron chi connectivity index (χ0n) is 16.9. The third kappa shape index (κ3) is 3.90. The summed E-state index contributed by atoms with van der Waals surface area (Å²) < 4.78 is 2.20. The van der Waals surface area contributed by atoms with Gasteiger partial charge < -0.3 is 9.88 Å². The van der Waals surface area contributed by atoms with Gasteiger partial charge in [0, 0.05) is 18.9 Å². The minimum atomic E-state index is -0.153. The van der Waals surface area contributed by atoms with E-state index >= 15 is 0 Å². The molecule has 5 nitrogen and oxygen atoms in total. The number of benzene rings is 2. The topological polar surface area (TPSA) is 59.8 Å². The van der Waals surface area contributed by atoms with Gasteiger partial charge in [0.15, 0.2) is 0 Å². The van der Waals surface area contributed by atoms with Crippen LogP contribution in [0.4, 0.5) is 0 Å². The van der Waals surface area contributed by atoms with Crippen molar-refractivity contribution >= 4 is 16.9 Å². The summed E-state index contributed by atoms with van der Waals surface area (Å²) in [5, 5.41) is 2.98. The molecule has 4 aromatic rings. The molecule has 2 aromatic heterocycles. The second-order valence-corrected chi connectivity index (χ2v) is 7.40. The molecule has 2 aromatic carbocycles. The Balaban J connectivity index is 1.67. The van der Waals surface area contributed by atoms with Crippen LogP contribution in [-0.2, 0) is 13.1 Å². The summed E-state index contributed by atoms with van der Waals surface area (Å²) in [6.07, 6.45) is 3.22. The number of hydrogen-bond donors (Lipinski definition) is 1. The highest BCUT2D eigenvalue weighted by Crippen LogP contribution is 2.22. The minimum Gasteiger partial charge on any atom is -0.345 e. The Hall–Kier alpha value is -3.47. The molecule has 0 saturated heterocycles. The first-order valence-electron chi connectivity index (χ1n) is 9.72. The summed E-state index contributed by atoms with van der Waals surface area (Å²) in [6.45, 7) is 7.50. The summed E-state index contributed by atoms with van der Waals surface area (Å²) >= 11 is 0. The quantitative estimate of drug-likeness (QED) is 0.557. The van der Waals surface area contributed by atoms with E-state index in [2.05, 4.69) is 53.8 Å². The van der Waals surface area contributed by atoms with E-state index < -0.39 is 0 Å². The van der Waals surface area contributed by atoms with Crippen molar-refractivity contribution in [2.24, 2.45) is 0 Å². The van der Waals surface area contributed by atoms with Crippen molar-refractivity contribution in [3.63, 3.8) is 0 Å². The van der Waals surface area contributed by atoms with Crippen molar-refractivity contribution in [2.45, 2.75) is 33.9 Å². The Morgan fingerprint density at radius 2 is 1.79 bits per heavy atom. The normalized spacial score (nSPS) is 11.0. The number of pyridine rings is 1. The number of nitrogens with zero attached hydrogens (tertiary/aromatic N) is 3. The van der Waals surface area contributed by atoms with Gasteiger partial charge in [0.2, 0.25) is 0 Å². The molecule has 0 aliphatic carbocycles. The van der Waals surface area contributed by atoms with Crippen LogP contribution in [0.15, 0.2) is 60.9 Å². The third-order valence-corrected chi connectivity index (χ3v) is 5.22. The zero-order valence-corrected chi connectivity index (χ0v) is 16.9. The predicted molar refractivity (Wildman–Crippen MR) is 115 cm³/mol. The van der Waals surface area contributed by atoms with E-state index in [-0.39, 0.29) is 5.91 Å². The average molecular weight is 384 g/mol. The van der Waals surface area contributed by atoms with Crippen LogP contribution in [-0.4, -0.2) is 20.4 Å². The molecule has 1 amide bonds. The first kappa shape index (κ1) is 18.9. The number of amides is 1. The number of fused-ring (bicyclic) bond motifs is 1. The summed E-state index contributed by atoms with van der Waals surface area (Å²) in [5.74, 6) is 0.683. The lowest BCUT2D eigenvalue weighted by atomic mass is 9.99. The number of rotatable bonds is 5. The minimum absolute atomic E-state index is 0.153. The highest BCUT2D eigenvalue weighted by atomic mass is 16.1. The summed E-state index contributed by atoms with van der Waals surface area (Å²) in [5.41, 5.74) is 7.64. The number of aryl methyl sites for hydroxylation is 3. The van der Waals surface area contributed by atoms with Crippen LogP contribution >= 0.6 is 0 Å². The monoisotopic (exact) mass is 384 g/mol. The molecule has 0 fully saturated rings. The molecule has 0 unspecified atom stereocenters. The van der Waals surface area contributed by atoms with E-state index in [1.165, 1.54) is 22.3 Å². The first-order valence-corrected chi connectivity index (χ1v) is 9.72. The predicted octanol–water partition coefficient (Wildman–Crippen LogP) is 4.33. The SMILES string of the molecule is Cc1cc(C)c(Cn2c(CNC(=O)c3cccnc3)nc3ccccc32)c(C)c1. The number of carbonyl (C=O) groups excluding carboxylic acids is 1. The van der Waals surface area contributed by atoms with Crippen LogP contribution in [0.3, 0.4) is 0 Å².